The molecule has 1 heterocycles. The molecule has 104 valence electrons. The Kier molecular flexibility index (Phi) is 2.97. The van der Waals surface area contributed by atoms with Crippen LogP contribution in [0.4, 0.5) is 14.5 Å². The second-order valence-corrected chi connectivity index (χ2v) is 5.00. The third kappa shape index (κ3) is 2.26. The van der Waals surface area contributed by atoms with E-state index in [9.17, 15) is 13.6 Å². The summed E-state index contributed by atoms with van der Waals surface area (Å²) in [6.45, 7) is 1.45. The SMILES string of the molecule is [B]c1ccc2c(c1)NC(=O)[C@](C)(c1cc(F)cc(F)c1)O2. The molecule has 0 spiro atoms. The molecule has 0 saturated heterocycles. The third-order valence-corrected chi connectivity index (χ3v) is 3.41. The Morgan fingerprint density at radius 2 is 1.81 bits per heavy atom. The Morgan fingerprint density at radius 1 is 1.14 bits per heavy atom. The van der Waals surface area contributed by atoms with Crippen LogP contribution in [0.15, 0.2) is 36.4 Å². The van der Waals surface area contributed by atoms with Gasteiger partial charge in [0.2, 0.25) is 5.60 Å². The number of hydrogen-bond acceptors (Lipinski definition) is 2. The molecule has 21 heavy (non-hydrogen) atoms. The van der Waals surface area contributed by atoms with Crippen molar-refractivity contribution in [3.05, 3.63) is 53.6 Å². The highest BCUT2D eigenvalue weighted by molar-refractivity contribution is 6.32. The van der Waals surface area contributed by atoms with Gasteiger partial charge in [-0.15, -0.1) is 0 Å². The smallest absolute Gasteiger partial charge is 0.273 e. The van der Waals surface area contributed by atoms with Crippen molar-refractivity contribution in [2.24, 2.45) is 0 Å². The number of carbonyl (C=O) groups is 1. The minimum atomic E-state index is -1.52. The third-order valence-electron chi connectivity index (χ3n) is 3.41. The summed E-state index contributed by atoms with van der Waals surface area (Å²) in [5.74, 6) is -1.68. The summed E-state index contributed by atoms with van der Waals surface area (Å²) in [6, 6.07) is 7.65. The number of rotatable bonds is 1. The lowest BCUT2D eigenvalue weighted by Gasteiger charge is -2.35. The summed E-state index contributed by atoms with van der Waals surface area (Å²) in [5.41, 5.74) is -0.529. The standard InChI is InChI=1S/C15H10BF2NO2/c1-15(8-4-10(17)7-11(18)5-8)14(20)19-12-6-9(16)2-3-13(12)21-15/h2-7H,1H3,(H,19,20)/t15-/m0/s1. The van der Waals surface area contributed by atoms with Crippen molar-refractivity contribution >= 4 is 24.9 Å². The predicted octanol–water partition coefficient (Wildman–Crippen LogP) is 2.00. The van der Waals surface area contributed by atoms with Gasteiger partial charge in [-0.3, -0.25) is 4.79 Å². The fraction of sp³-hybridized carbons (Fsp3) is 0.133. The number of carbonyl (C=O) groups excluding carboxylic acids is 1. The zero-order chi connectivity index (χ0) is 15.2. The molecule has 0 saturated carbocycles. The van der Waals surface area contributed by atoms with E-state index in [0.717, 1.165) is 18.2 Å². The van der Waals surface area contributed by atoms with Crippen molar-refractivity contribution in [1.29, 1.82) is 0 Å². The van der Waals surface area contributed by atoms with Gasteiger partial charge in [0.25, 0.3) is 5.91 Å². The molecule has 0 bridgehead atoms. The molecule has 0 fully saturated rings. The maximum absolute atomic E-state index is 13.4. The van der Waals surface area contributed by atoms with Crippen LogP contribution in [0.25, 0.3) is 0 Å². The second kappa shape index (κ2) is 4.58. The van der Waals surface area contributed by atoms with Gasteiger partial charge < -0.3 is 10.1 Å². The van der Waals surface area contributed by atoms with Crippen molar-refractivity contribution in [1.82, 2.24) is 0 Å². The van der Waals surface area contributed by atoms with Gasteiger partial charge in [-0.05, 0) is 31.2 Å². The first-order valence-electron chi connectivity index (χ1n) is 6.25. The first-order valence-corrected chi connectivity index (χ1v) is 6.25. The topological polar surface area (TPSA) is 38.3 Å². The van der Waals surface area contributed by atoms with E-state index in [2.05, 4.69) is 5.32 Å². The molecular weight excluding hydrogens is 275 g/mol. The van der Waals surface area contributed by atoms with Gasteiger partial charge in [0, 0.05) is 11.6 Å². The molecule has 0 aliphatic carbocycles. The van der Waals surface area contributed by atoms with E-state index in [-0.39, 0.29) is 5.56 Å². The highest BCUT2D eigenvalue weighted by atomic mass is 19.1. The molecule has 0 unspecified atom stereocenters. The predicted molar refractivity (Wildman–Crippen MR) is 74.8 cm³/mol. The molecule has 1 aliphatic heterocycles. The fourth-order valence-corrected chi connectivity index (χ4v) is 2.26. The highest BCUT2D eigenvalue weighted by Gasteiger charge is 2.42. The zero-order valence-corrected chi connectivity index (χ0v) is 11.1. The van der Waals surface area contributed by atoms with Crippen molar-refractivity contribution in [2.75, 3.05) is 5.32 Å². The van der Waals surface area contributed by atoms with Crippen LogP contribution in [0, 0.1) is 11.6 Å². The van der Waals surface area contributed by atoms with E-state index in [1.165, 1.54) is 6.92 Å². The van der Waals surface area contributed by atoms with Crippen molar-refractivity contribution in [3.8, 4) is 5.75 Å². The van der Waals surface area contributed by atoms with Gasteiger partial charge >= 0.3 is 0 Å². The van der Waals surface area contributed by atoms with Crippen LogP contribution >= 0.6 is 0 Å². The molecule has 1 N–H and O–H groups in total. The summed E-state index contributed by atoms with van der Waals surface area (Å²) < 4.78 is 32.5. The zero-order valence-electron chi connectivity index (χ0n) is 11.1. The molecule has 2 aromatic carbocycles. The first-order chi connectivity index (χ1) is 9.88. The van der Waals surface area contributed by atoms with E-state index in [1.54, 1.807) is 18.2 Å². The van der Waals surface area contributed by atoms with Crippen molar-refractivity contribution < 1.29 is 18.3 Å². The van der Waals surface area contributed by atoms with Gasteiger partial charge in [-0.2, -0.15) is 0 Å². The maximum Gasteiger partial charge on any atom is 0.273 e. The molecule has 2 radical (unpaired) electrons. The van der Waals surface area contributed by atoms with E-state index in [4.69, 9.17) is 12.6 Å². The van der Waals surface area contributed by atoms with E-state index in [1.807, 2.05) is 0 Å². The van der Waals surface area contributed by atoms with Crippen LogP contribution in [0.3, 0.4) is 0 Å². The van der Waals surface area contributed by atoms with Gasteiger partial charge in [-0.25, -0.2) is 8.78 Å². The number of halogens is 2. The Hall–Kier alpha value is -2.37. The summed E-state index contributed by atoms with van der Waals surface area (Å²) in [7, 11) is 5.64. The molecule has 6 heteroatoms. The number of fused-ring (bicyclic) bond motifs is 1. The number of amides is 1. The summed E-state index contributed by atoms with van der Waals surface area (Å²) >= 11 is 0. The number of benzene rings is 2. The largest absolute Gasteiger partial charge is 0.471 e. The quantitative estimate of drug-likeness (QED) is 0.814. The summed E-state index contributed by atoms with van der Waals surface area (Å²) in [6.07, 6.45) is 0. The lowest BCUT2D eigenvalue weighted by atomic mass is 9.91. The molecular formula is C15H10BF2NO2. The lowest BCUT2D eigenvalue weighted by Crippen LogP contribution is -2.46. The van der Waals surface area contributed by atoms with E-state index >= 15 is 0 Å². The molecule has 1 aliphatic rings. The fourth-order valence-electron chi connectivity index (χ4n) is 2.26. The van der Waals surface area contributed by atoms with Crippen LogP contribution in [-0.4, -0.2) is 13.8 Å². The van der Waals surface area contributed by atoms with Crippen LogP contribution in [0.2, 0.25) is 0 Å². The molecule has 3 nitrogen and oxygen atoms in total. The maximum atomic E-state index is 13.4. The molecule has 3 rings (SSSR count). The lowest BCUT2D eigenvalue weighted by molar-refractivity contribution is -0.131. The normalized spacial score (nSPS) is 20.4. The van der Waals surface area contributed by atoms with E-state index in [0.29, 0.717) is 16.9 Å². The molecule has 0 aromatic heterocycles. The van der Waals surface area contributed by atoms with Crippen molar-refractivity contribution in [3.63, 3.8) is 0 Å². The Bertz CT molecular complexity index is 730. The van der Waals surface area contributed by atoms with Crippen molar-refractivity contribution in [2.45, 2.75) is 12.5 Å². The van der Waals surface area contributed by atoms with Crippen LogP contribution < -0.4 is 15.5 Å². The Labute approximate surface area is 121 Å². The van der Waals surface area contributed by atoms with Crippen LogP contribution in [-0.2, 0) is 10.4 Å². The number of anilines is 1. The van der Waals surface area contributed by atoms with Gasteiger partial charge in [-0.1, -0.05) is 11.5 Å². The highest BCUT2D eigenvalue weighted by Crippen LogP contribution is 2.38. The average Bonchev–Trinajstić information content (AvgIpc) is 2.39. The summed E-state index contributed by atoms with van der Waals surface area (Å²) in [4.78, 5) is 12.3. The van der Waals surface area contributed by atoms with Gasteiger partial charge in [0.15, 0.2) is 0 Å². The molecule has 1 atom stereocenters. The Morgan fingerprint density at radius 3 is 2.48 bits per heavy atom. The molecule has 2 aromatic rings. The van der Waals surface area contributed by atoms with E-state index < -0.39 is 23.1 Å². The second-order valence-electron chi connectivity index (χ2n) is 5.00. The van der Waals surface area contributed by atoms with Crippen LogP contribution in [0.5, 0.6) is 5.75 Å². The number of nitrogens with one attached hydrogen (secondary N) is 1. The average molecular weight is 285 g/mol. The van der Waals surface area contributed by atoms with Gasteiger partial charge in [0.1, 0.15) is 25.2 Å². The molecule has 1 amide bonds. The van der Waals surface area contributed by atoms with Crippen LogP contribution in [0.1, 0.15) is 12.5 Å². The number of ether oxygens (including phenoxy) is 1. The minimum absolute atomic E-state index is 0.0972. The monoisotopic (exact) mass is 285 g/mol. The summed E-state index contributed by atoms with van der Waals surface area (Å²) in [5, 5.41) is 2.64. The minimum Gasteiger partial charge on any atom is -0.471 e. The number of hydrogen-bond donors (Lipinski definition) is 1. The first kappa shape index (κ1) is 13.6. The Balaban J connectivity index is 2.09. The van der Waals surface area contributed by atoms with Gasteiger partial charge in [0.05, 0.1) is 5.69 Å².